The molecule has 0 spiro atoms. The van der Waals surface area contributed by atoms with Gasteiger partial charge in [0.2, 0.25) is 0 Å². The smallest absolute Gasteiger partial charge is 0.260 e. The van der Waals surface area contributed by atoms with E-state index in [2.05, 4.69) is 52.3 Å². The number of methoxy groups -OCH3 is 1. The van der Waals surface area contributed by atoms with Crippen LogP contribution in [0.15, 0.2) is 59.5 Å². The van der Waals surface area contributed by atoms with Gasteiger partial charge in [-0.15, -0.1) is 0 Å². The number of carbonyl (C=O) groups excluding carboxylic acids is 1. The molecule has 3 aromatic carbocycles. The van der Waals surface area contributed by atoms with E-state index in [1.54, 1.807) is 19.2 Å². The van der Waals surface area contributed by atoms with Gasteiger partial charge in [-0.05, 0) is 88.2 Å². The standard InChI is InChI=1S/C26H23Cl2IN2O3S/c1-3-15-4-7-18(8-5-15)30-26-31-25(32)23(35-26)13-17-11-21(29)24(22(12-17)33-2)34-14-16-6-9-19(27)20(28)10-16/h4-13,26,30H,3,14H2,1-2H3,(H,31,32)/b23-13-/t26-/m1/s1. The van der Waals surface area contributed by atoms with E-state index in [0.717, 1.165) is 26.8 Å². The third kappa shape index (κ3) is 6.58. The Bertz CT molecular complexity index is 1270. The van der Waals surface area contributed by atoms with Crippen molar-refractivity contribution in [2.75, 3.05) is 12.4 Å². The van der Waals surface area contributed by atoms with E-state index in [4.69, 9.17) is 32.7 Å². The van der Waals surface area contributed by atoms with Gasteiger partial charge in [-0.1, -0.05) is 60.1 Å². The van der Waals surface area contributed by atoms with Crippen LogP contribution in [0, 0.1) is 3.57 Å². The Kier molecular flexibility index (Phi) is 8.75. The molecule has 0 saturated carbocycles. The molecule has 1 heterocycles. The molecule has 1 aliphatic rings. The Morgan fingerprint density at radius 3 is 2.51 bits per heavy atom. The number of carbonyl (C=O) groups is 1. The van der Waals surface area contributed by atoms with Crippen molar-refractivity contribution in [1.82, 2.24) is 5.32 Å². The highest BCUT2D eigenvalue weighted by atomic mass is 127. The average molecular weight is 641 g/mol. The Hall–Kier alpha value is -2.07. The SMILES string of the molecule is CCc1ccc(N[C@@H]2NC(=O)/C(=C/c3cc(I)c(OCc4ccc(Cl)c(Cl)c4)c(OC)c3)S2)cc1. The number of nitrogens with one attached hydrogen (secondary N) is 2. The van der Waals surface area contributed by atoms with E-state index in [1.165, 1.54) is 17.3 Å². The fraction of sp³-hybridized carbons (Fsp3) is 0.192. The molecule has 3 aromatic rings. The largest absolute Gasteiger partial charge is 0.493 e. The minimum atomic E-state index is -0.240. The summed E-state index contributed by atoms with van der Waals surface area (Å²) in [6.45, 7) is 2.44. The summed E-state index contributed by atoms with van der Waals surface area (Å²) in [4.78, 5) is 13.2. The molecule has 0 radical (unpaired) electrons. The van der Waals surface area contributed by atoms with E-state index in [0.29, 0.717) is 33.1 Å². The molecule has 0 aliphatic carbocycles. The number of amides is 1. The van der Waals surface area contributed by atoms with Gasteiger partial charge in [0.1, 0.15) is 6.61 Å². The minimum absolute atomic E-state index is 0.119. The van der Waals surface area contributed by atoms with Crippen LogP contribution in [-0.2, 0) is 17.8 Å². The third-order valence-corrected chi connectivity index (χ3v) is 7.88. The van der Waals surface area contributed by atoms with Crippen LogP contribution in [0.3, 0.4) is 0 Å². The molecule has 1 atom stereocenters. The lowest BCUT2D eigenvalue weighted by Crippen LogP contribution is -2.30. The van der Waals surface area contributed by atoms with Crippen LogP contribution in [0.4, 0.5) is 5.69 Å². The Morgan fingerprint density at radius 1 is 1.09 bits per heavy atom. The summed E-state index contributed by atoms with van der Waals surface area (Å²) in [5, 5.41) is 7.30. The number of ether oxygens (including phenoxy) is 2. The van der Waals surface area contributed by atoms with Crippen molar-refractivity contribution in [3.63, 3.8) is 0 Å². The van der Waals surface area contributed by atoms with Crippen molar-refractivity contribution in [2.45, 2.75) is 25.4 Å². The molecule has 0 unspecified atom stereocenters. The van der Waals surface area contributed by atoms with Crippen molar-refractivity contribution in [3.8, 4) is 11.5 Å². The lowest BCUT2D eigenvalue weighted by atomic mass is 10.1. The summed E-state index contributed by atoms with van der Waals surface area (Å²) >= 11 is 15.8. The van der Waals surface area contributed by atoms with Crippen LogP contribution in [0.2, 0.25) is 10.0 Å². The Balaban J connectivity index is 1.47. The van der Waals surface area contributed by atoms with Crippen LogP contribution >= 0.6 is 57.6 Å². The van der Waals surface area contributed by atoms with Gasteiger partial charge in [-0.2, -0.15) is 0 Å². The van der Waals surface area contributed by atoms with Crippen molar-refractivity contribution in [3.05, 3.63) is 89.8 Å². The fourth-order valence-corrected chi connectivity index (χ4v) is 5.54. The predicted molar refractivity (Wildman–Crippen MR) is 153 cm³/mol. The maximum atomic E-state index is 12.6. The first-order valence-electron chi connectivity index (χ1n) is 10.8. The Morgan fingerprint density at radius 2 is 1.83 bits per heavy atom. The highest BCUT2D eigenvalue weighted by molar-refractivity contribution is 14.1. The van der Waals surface area contributed by atoms with Crippen LogP contribution in [-0.4, -0.2) is 18.5 Å². The molecule has 1 aliphatic heterocycles. The number of aryl methyl sites for hydroxylation is 1. The first-order valence-corrected chi connectivity index (χ1v) is 13.6. The van der Waals surface area contributed by atoms with Crippen LogP contribution < -0.4 is 20.1 Å². The van der Waals surface area contributed by atoms with Crippen LogP contribution in [0.5, 0.6) is 11.5 Å². The predicted octanol–water partition coefficient (Wildman–Crippen LogP) is 7.35. The monoisotopic (exact) mass is 640 g/mol. The number of hydrogen-bond donors (Lipinski definition) is 2. The van der Waals surface area contributed by atoms with Gasteiger partial charge in [0.25, 0.3) is 5.91 Å². The summed E-state index contributed by atoms with van der Waals surface area (Å²) in [5.74, 6) is 1.09. The number of hydrogen-bond acceptors (Lipinski definition) is 5. The minimum Gasteiger partial charge on any atom is -0.493 e. The van der Waals surface area contributed by atoms with Crippen molar-refractivity contribution in [2.24, 2.45) is 0 Å². The highest BCUT2D eigenvalue weighted by Crippen LogP contribution is 2.37. The molecule has 4 rings (SSSR count). The molecular weight excluding hydrogens is 618 g/mol. The lowest BCUT2D eigenvalue weighted by Gasteiger charge is -2.14. The van der Waals surface area contributed by atoms with Crippen LogP contribution in [0.1, 0.15) is 23.6 Å². The average Bonchev–Trinajstić information content (AvgIpc) is 3.18. The molecule has 1 amide bonds. The summed E-state index contributed by atoms with van der Waals surface area (Å²) in [6, 6.07) is 17.4. The molecule has 0 bridgehead atoms. The maximum absolute atomic E-state index is 12.6. The van der Waals surface area contributed by atoms with E-state index in [1.807, 2.05) is 36.4 Å². The normalized spacial score (nSPS) is 16.3. The van der Waals surface area contributed by atoms with E-state index < -0.39 is 0 Å². The van der Waals surface area contributed by atoms with Gasteiger partial charge in [0, 0.05) is 5.69 Å². The third-order valence-electron chi connectivity index (χ3n) is 5.31. The lowest BCUT2D eigenvalue weighted by molar-refractivity contribution is -0.116. The van der Waals surface area contributed by atoms with Crippen molar-refractivity contribution in [1.29, 1.82) is 0 Å². The van der Waals surface area contributed by atoms with E-state index in [9.17, 15) is 4.79 Å². The van der Waals surface area contributed by atoms with E-state index >= 15 is 0 Å². The van der Waals surface area contributed by atoms with Gasteiger partial charge in [0.05, 0.1) is 25.6 Å². The van der Waals surface area contributed by atoms with E-state index in [-0.39, 0.29) is 11.4 Å². The van der Waals surface area contributed by atoms with Gasteiger partial charge >= 0.3 is 0 Å². The van der Waals surface area contributed by atoms with Gasteiger partial charge in [-0.3, -0.25) is 4.79 Å². The second-order valence-electron chi connectivity index (χ2n) is 7.75. The number of anilines is 1. The first kappa shape index (κ1) is 26.0. The summed E-state index contributed by atoms with van der Waals surface area (Å²) in [6.07, 6.45) is 2.85. The highest BCUT2D eigenvalue weighted by Gasteiger charge is 2.27. The number of halogens is 3. The zero-order valence-electron chi connectivity index (χ0n) is 19.0. The molecule has 1 saturated heterocycles. The molecule has 9 heteroatoms. The number of benzene rings is 3. The summed E-state index contributed by atoms with van der Waals surface area (Å²) in [7, 11) is 1.59. The maximum Gasteiger partial charge on any atom is 0.260 e. The van der Waals surface area contributed by atoms with Crippen molar-refractivity contribution < 1.29 is 14.3 Å². The molecule has 1 fully saturated rings. The molecule has 35 heavy (non-hydrogen) atoms. The second-order valence-corrected chi connectivity index (χ2v) is 10.9. The fourth-order valence-electron chi connectivity index (χ4n) is 3.45. The molecule has 2 N–H and O–H groups in total. The van der Waals surface area contributed by atoms with Crippen molar-refractivity contribution >= 4 is 75.2 Å². The zero-order chi connectivity index (χ0) is 24.9. The molecular formula is C26H23Cl2IN2O3S. The topological polar surface area (TPSA) is 59.6 Å². The molecule has 182 valence electrons. The molecule has 5 nitrogen and oxygen atoms in total. The van der Waals surface area contributed by atoms with Crippen LogP contribution in [0.25, 0.3) is 6.08 Å². The first-order chi connectivity index (χ1) is 16.9. The zero-order valence-corrected chi connectivity index (χ0v) is 23.5. The second kappa shape index (κ2) is 11.8. The Labute approximate surface area is 232 Å². The quantitative estimate of drug-likeness (QED) is 0.199. The van der Waals surface area contributed by atoms with Gasteiger partial charge < -0.3 is 20.1 Å². The van der Waals surface area contributed by atoms with Gasteiger partial charge in [-0.25, -0.2) is 0 Å². The number of rotatable bonds is 8. The van der Waals surface area contributed by atoms with Gasteiger partial charge in [0.15, 0.2) is 17.0 Å². The summed E-state index contributed by atoms with van der Waals surface area (Å²) in [5.41, 5.74) is 3.73. The number of thioether (sulfide) groups is 1. The summed E-state index contributed by atoms with van der Waals surface area (Å²) < 4.78 is 12.5. The molecule has 0 aromatic heterocycles.